The maximum Gasteiger partial charge on any atom is 0.319 e. The topological polar surface area (TPSA) is 90.5 Å². The van der Waals surface area contributed by atoms with Crippen LogP contribution in [-0.4, -0.2) is 48.9 Å². The molecule has 1 fully saturated rings. The van der Waals surface area contributed by atoms with Crippen LogP contribution in [0.1, 0.15) is 35.7 Å². The Balaban J connectivity index is 2.07. The number of likely N-dealkylation sites (N-methyl/N-ethyl adjacent to an activating group) is 1. The first-order valence-corrected chi connectivity index (χ1v) is 8.23. The van der Waals surface area contributed by atoms with Crippen LogP contribution >= 0.6 is 0 Å². The highest BCUT2D eigenvalue weighted by atomic mass is 16.2. The predicted octanol–water partition coefficient (Wildman–Crippen LogP) is 1.49. The van der Waals surface area contributed by atoms with Crippen molar-refractivity contribution >= 4 is 23.5 Å². The minimum Gasteiger partial charge on any atom is -0.355 e. The van der Waals surface area contributed by atoms with Gasteiger partial charge in [0.05, 0.1) is 17.8 Å². The molecule has 7 heteroatoms. The summed E-state index contributed by atoms with van der Waals surface area (Å²) in [6.07, 6.45) is 2.01. The van der Waals surface area contributed by atoms with Crippen LogP contribution in [0.3, 0.4) is 0 Å². The molecule has 0 saturated carbocycles. The van der Waals surface area contributed by atoms with Crippen molar-refractivity contribution in [2.24, 2.45) is 0 Å². The molecule has 1 aromatic rings. The predicted molar refractivity (Wildman–Crippen MR) is 92.0 cm³/mol. The third-order valence-electron chi connectivity index (χ3n) is 3.91. The molecule has 1 saturated heterocycles. The highest BCUT2D eigenvalue weighted by Crippen LogP contribution is 2.23. The molecule has 0 aromatic heterocycles. The van der Waals surface area contributed by atoms with E-state index in [2.05, 4.69) is 16.0 Å². The number of hydrogen-bond donors (Lipinski definition) is 3. The van der Waals surface area contributed by atoms with Crippen molar-refractivity contribution in [3.05, 3.63) is 29.3 Å². The van der Waals surface area contributed by atoms with Crippen molar-refractivity contribution in [2.45, 2.75) is 26.7 Å². The molecular formula is C17H24N4O3. The molecule has 1 aliphatic heterocycles. The fourth-order valence-corrected chi connectivity index (χ4v) is 2.72. The van der Waals surface area contributed by atoms with Crippen molar-refractivity contribution in [3.8, 4) is 0 Å². The Bertz CT molecular complexity index is 624. The number of carbonyl (C=O) groups is 3. The highest BCUT2D eigenvalue weighted by molar-refractivity contribution is 6.05. The molecule has 130 valence electrons. The molecule has 0 radical (unpaired) electrons. The summed E-state index contributed by atoms with van der Waals surface area (Å²) < 4.78 is 0. The van der Waals surface area contributed by atoms with E-state index in [-0.39, 0.29) is 18.4 Å². The number of likely N-dealkylation sites (tertiary alicyclic amines) is 1. The van der Waals surface area contributed by atoms with Gasteiger partial charge in [-0.3, -0.25) is 9.59 Å². The van der Waals surface area contributed by atoms with Gasteiger partial charge in [0, 0.05) is 19.6 Å². The van der Waals surface area contributed by atoms with Crippen molar-refractivity contribution in [3.63, 3.8) is 0 Å². The summed E-state index contributed by atoms with van der Waals surface area (Å²) in [5, 5.41) is 7.76. The summed E-state index contributed by atoms with van der Waals surface area (Å²) in [6.45, 7) is 5.55. The average molecular weight is 332 g/mol. The van der Waals surface area contributed by atoms with Crippen LogP contribution in [-0.2, 0) is 4.79 Å². The number of amides is 4. The van der Waals surface area contributed by atoms with Crippen LogP contribution in [0.25, 0.3) is 0 Å². The summed E-state index contributed by atoms with van der Waals surface area (Å²) >= 11 is 0. The number of nitrogens with zero attached hydrogens (tertiary/aromatic N) is 1. The molecule has 1 aliphatic rings. The normalized spacial score (nSPS) is 13.5. The summed E-state index contributed by atoms with van der Waals surface area (Å²) in [5.74, 6) is -0.324. The van der Waals surface area contributed by atoms with E-state index in [9.17, 15) is 14.4 Å². The van der Waals surface area contributed by atoms with Crippen molar-refractivity contribution in [2.75, 3.05) is 31.5 Å². The number of carbonyl (C=O) groups excluding carboxylic acids is 3. The van der Waals surface area contributed by atoms with Gasteiger partial charge in [-0.05, 0) is 38.3 Å². The Morgan fingerprint density at radius 3 is 2.50 bits per heavy atom. The van der Waals surface area contributed by atoms with Crippen LogP contribution in [0.2, 0.25) is 0 Å². The molecular weight excluding hydrogens is 308 g/mol. The monoisotopic (exact) mass is 332 g/mol. The van der Waals surface area contributed by atoms with E-state index in [1.807, 2.05) is 13.0 Å². The lowest BCUT2D eigenvalue weighted by molar-refractivity contribution is -0.119. The second-order valence-electron chi connectivity index (χ2n) is 5.76. The van der Waals surface area contributed by atoms with Gasteiger partial charge in [-0.1, -0.05) is 12.1 Å². The molecule has 0 aliphatic carbocycles. The molecule has 24 heavy (non-hydrogen) atoms. The SMILES string of the molecule is CCNC(=O)CNC(=O)Nc1cccc(C)c1C(=O)N1CCCC1. The summed E-state index contributed by atoms with van der Waals surface area (Å²) in [4.78, 5) is 37.9. The van der Waals surface area contributed by atoms with Crippen molar-refractivity contribution in [1.29, 1.82) is 0 Å². The Morgan fingerprint density at radius 1 is 1.12 bits per heavy atom. The molecule has 4 amide bonds. The molecule has 1 heterocycles. The first-order chi connectivity index (χ1) is 11.5. The molecule has 2 rings (SSSR count). The standard InChI is InChI=1S/C17H24N4O3/c1-3-18-14(22)11-19-17(24)20-13-8-6-7-12(2)15(13)16(23)21-9-4-5-10-21/h6-8H,3-5,9-11H2,1-2H3,(H,18,22)(H2,19,20,24). The zero-order chi connectivity index (χ0) is 17.5. The van der Waals surface area contributed by atoms with Crippen LogP contribution in [0.4, 0.5) is 10.5 Å². The van der Waals surface area contributed by atoms with Gasteiger partial charge in [0.15, 0.2) is 0 Å². The zero-order valence-electron chi connectivity index (χ0n) is 14.1. The number of nitrogens with one attached hydrogen (secondary N) is 3. The highest BCUT2D eigenvalue weighted by Gasteiger charge is 2.24. The van der Waals surface area contributed by atoms with Crippen LogP contribution in [0.5, 0.6) is 0 Å². The zero-order valence-corrected chi connectivity index (χ0v) is 14.1. The van der Waals surface area contributed by atoms with Gasteiger partial charge >= 0.3 is 6.03 Å². The van der Waals surface area contributed by atoms with Gasteiger partial charge in [0.2, 0.25) is 5.91 Å². The lowest BCUT2D eigenvalue weighted by Crippen LogP contribution is -2.39. The van der Waals surface area contributed by atoms with E-state index in [1.165, 1.54) is 0 Å². The molecule has 7 nitrogen and oxygen atoms in total. The molecule has 0 bridgehead atoms. The van der Waals surface area contributed by atoms with Gasteiger partial charge in [-0.25, -0.2) is 4.79 Å². The van der Waals surface area contributed by atoms with Crippen LogP contribution in [0.15, 0.2) is 18.2 Å². The van der Waals surface area contributed by atoms with Crippen molar-refractivity contribution < 1.29 is 14.4 Å². The first-order valence-electron chi connectivity index (χ1n) is 8.23. The second kappa shape index (κ2) is 8.33. The number of hydrogen-bond acceptors (Lipinski definition) is 3. The number of aryl methyl sites for hydroxylation is 1. The molecule has 0 atom stereocenters. The van der Waals surface area contributed by atoms with Gasteiger partial charge in [-0.2, -0.15) is 0 Å². The van der Waals surface area contributed by atoms with E-state index in [4.69, 9.17) is 0 Å². The lowest BCUT2D eigenvalue weighted by atomic mass is 10.1. The Kier molecular flexibility index (Phi) is 6.17. The van der Waals surface area contributed by atoms with Crippen LogP contribution in [0, 0.1) is 6.92 Å². The maximum absolute atomic E-state index is 12.7. The van der Waals surface area contributed by atoms with Gasteiger partial charge in [-0.15, -0.1) is 0 Å². The van der Waals surface area contributed by atoms with E-state index in [0.29, 0.717) is 17.8 Å². The summed E-state index contributed by atoms with van der Waals surface area (Å²) in [7, 11) is 0. The molecule has 3 N–H and O–H groups in total. The molecule has 0 spiro atoms. The number of anilines is 1. The van der Waals surface area contributed by atoms with E-state index >= 15 is 0 Å². The Hall–Kier alpha value is -2.57. The third kappa shape index (κ3) is 4.47. The van der Waals surface area contributed by atoms with Gasteiger partial charge in [0.1, 0.15) is 0 Å². The molecule has 1 aromatic carbocycles. The van der Waals surface area contributed by atoms with E-state index in [1.54, 1.807) is 24.0 Å². The maximum atomic E-state index is 12.7. The van der Waals surface area contributed by atoms with E-state index < -0.39 is 6.03 Å². The Labute approximate surface area is 141 Å². The quantitative estimate of drug-likeness (QED) is 0.763. The average Bonchev–Trinajstić information content (AvgIpc) is 3.07. The number of urea groups is 1. The fourth-order valence-electron chi connectivity index (χ4n) is 2.72. The lowest BCUT2D eigenvalue weighted by Gasteiger charge is -2.19. The summed E-state index contributed by atoms with van der Waals surface area (Å²) in [6, 6.07) is 4.82. The number of benzene rings is 1. The smallest absolute Gasteiger partial charge is 0.319 e. The second-order valence-corrected chi connectivity index (χ2v) is 5.76. The van der Waals surface area contributed by atoms with Gasteiger partial charge < -0.3 is 20.9 Å². The van der Waals surface area contributed by atoms with Crippen molar-refractivity contribution in [1.82, 2.24) is 15.5 Å². The third-order valence-corrected chi connectivity index (χ3v) is 3.91. The minimum atomic E-state index is -0.512. The minimum absolute atomic E-state index is 0.0652. The Morgan fingerprint density at radius 2 is 1.83 bits per heavy atom. The fraction of sp³-hybridized carbons (Fsp3) is 0.471. The van der Waals surface area contributed by atoms with E-state index in [0.717, 1.165) is 31.5 Å². The first kappa shape index (κ1) is 17.8. The van der Waals surface area contributed by atoms with Crippen LogP contribution < -0.4 is 16.0 Å². The summed E-state index contributed by atoms with van der Waals surface area (Å²) in [5.41, 5.74) is 1.78. The largest absolute Gasteiger partial charge is 0.355 e. The van der Waals surface area contributed by atoms with Gasteiger partial charge in [0.25, 0.3) is 5.91 Å². The number of rotatable bonds is 5. The molecule has 0 unspecified atom stereocenters.